The standard InChI is InChI=1S/C17H14F3N3O3S/c18-17(19,20)10-4-3-5-11(8-10)21-16(27)23-22-15(24)14-9-25-12-6-1-2-7-13(12)26-14/h1-8,14H,9H2,(H,22,24)(H2,21,23,27). The summed E-state index contributed by atoms with van der Waals surface area (Å²) in [6, 6.07) is 11.4. The Labute approximate surface area is 157 Å². The average molecular weight is 397 g/mol. The molecule has 0 bridgehead atoms. The number of hydrogen-bond donors (Lipinski definition) is 3. The van der Waals surface area contributed by atoms with E-state index in [9.17, 15) is 18.0 Å². The molecule has 1 aliphatic rings. The van der Waals surface area contributed by atoms with E-state index in [4.69, 9.17) is 21.7 Å². The van der Waals surface area contributed by atoms with Crippen molar-refractivity contribution in [3.05, 3.63) is 54.1 Å². The molecule has 1 amide bonds. The predicted octanol–water partition coefficient (Wildman–Crippen LogP) is 2.86. The Kier molecular flexibility index (Phi) is 5.36. The number of thiocarbonyl (C=S) groups is 1. The predicted molar refractivity (Wildman–Crippen MR) is 95.3 cm³/mol. The Morgan fingerprint density at radius 2 is 1.81 bits per heavy atom. The van der Waals surface area contributed by atoms with E-state index in [1.807, 2.05) is 0 Å². The van der Waals surface area contributed by atoms with Gasteiger partial charge < -0.3 is 14.8 Å². The lowest BCUT2D eigenvalue weighted by atomic mass is 10.2. The van der Waals surface area contributed by atoms with E-state index in [1.54, 1.807) is 24.3 Å². The van der Waals surface area contributed by atoms with Gasteiger partial charge in [-0.05, 0) is 42.5 Å². The number of hydrazine groups is 1. The van der Waals surface area contributed by atoms with Gasteiger partial charge in [0.1, 0.15) is 6.61 Å². The number of carbonyl (C=O) groups excluding carboxylic acids is 1. The topological polar surface area (TPSA) is 71.6 Å². The molecule has 2 aromatic carbocycles. The Bertz CT molecular complexity index is 861. The van der Waals surface area contributed by atoms with Gasteiger partial charge >= 0.3 is 6.18 Å². The van der Waals surface area contributed by atoms with Crippen molar-refractivity contribution in [3.8, 4) is 11.5 Å². The second-order valence-electron chi connectivity index (χ2n) is 5.51. The molecule has 0 radical (unpaired) electrons. The first-order chi connectivity index (χ1) is 12.8. The maximum absolute atomic E-state index is 12.7. The van der Waals surface area contributed by atoms with Gasteiger partial charge in [0.05, 0.1) is 5.56 Å². The van der Waals surface area contributed by atoms with Crippen LogP contribution >= 0.6 is 12.2 Å². The van der Waals surface area contributed by atoms with Crippen LogP contribution in [0.5, 0.6) is 11.5 Å². The Hall–Kier alpha value is -3.01. The molecule has 1 heterocycles. The van der Waals surface area contributed by atoms with Gasteiger partial charge in [-0.15, -0.1) is 0 Å². The van der Waals surface area contributed by atoms with Gasteiger partial charge in [-0.2, -0.15) is 13.2 Å². The van der Waals surface area contributed by atoms with E-state index in [0.29, 0.717) is 11.5 Å². The lowest BCUT2D eigenvalue weighted by molar-refractivity contribution is -0.137. The lowest BCUT2D eigenvalue weighted by Crippen LogP contribution is -2.51. The summed E-state index contributed by atoms with van der Waals surface area (Å²) in [6.07, 6.45) is -5.36. The number of benzene rings is 2. The molecular weight excluding hydrogens is 383 g/mol. The van der Waals surface area contributed by atoms with Crippen LogP contribution in [0.25, 0.3) is 0 Å². The number of nitrogens with one attached hydrogen (secondary N) is 3. The number of carbonyl (C=O) groups is 1. The third kappa shape index (κ3) is 4.79. The van der Waals surface area contributed by atoms with Gasteiger partial charge in [-0.3, -0.25) is 15.6 Å². The van der Waals surface area contributed by atoms with Gasteiger partial charge in [0.2, 0.25) is 6.10 Å². The monoisotopic (exact) mass is 397 g/mol. The third-order valence-corrected chi connectivity index (χ3v) is 3.75. The molecule has 0 aliphatic carbocycles. The normalized spacial score (nSPS) is 15.6. The van der Waals surface area contributed by atoms with E-state index in [2.05, 4.69) is 16.2 Å². The first-order valence-corrected chi connectivity index (χ1v) is 8.16. The van der Waals surface area contributed by atoms with Gasteiger partial charge in [-0.25, -0.2) is 0 Å². The molecule has 0 aromatic heterocycles. The summed E-state index contributed by atoms with van der Waals surface area (Å²) in [4.78, 5) is 12.1. The summed E-state index contributed by atoms with van der Waals surface area (Å²) in [5, 5.41) is 2.48. The molecule has 6 nitrogen and oxygen atoms in total. The molecule has 3 N–H and O–H groups in total. The van der Waals surface area contributed by atoms with Crippen molar-refractivity contribution in [2.75, 3.05) is 11.9 Å². The largest absolute Gasteiger partial charge is 0.485 e. The zero-order valence-electron chi connectivity index (χ0n) is 13.7. The fourth-order valence-corrected chi connectivity index (χ4v) is 2.45. The van der Waals surface area contributed by atoms with E-state index in [1.165, 1.54) is 12.1 Å². The molecule has 10 heteroatoms. The number of alkyl halides is 3. The lowest BCUT2D eigenvalue weighted by Gasteiger charge is -2.25. The number of para-hydroxylation sites is 2. The van der Waals surface area contributed by atoms with Crippen molar-refractivity contribution in [3.63, 3.8) is 0 Å². The molecule has 1 atom stereocenters. The highest BCUT2D eigenvalue weighted by Gasteiger charge is 2.30. The maximum Gasteiger partial charge on any atom is 0.416 e. The molecule has 27 heavy (non-hydrogen) atoms. The number of hydrogen-bond acceptors (Lipinski definition) is 4. The number of fused-ring (bicyclic) bond motifs is 1. The average Bonchev–Trinajstić information content (AvgIpc) is 2.65. The minimum absolute atomic E-state index is 0.0122. The molecule has 0 spiro atoms. The van der Waals surface area contributed by atoms with Gasteiger partial charge in [0.15, 0.2) is 16.6 Å². The summed E-state index contributed by atoms with van der Waals surface area (Å²) >= 11 is 4.97. The van der Waals surface area contributed by atoms with Crippen LogP contribution in [0.3, 0.4) is 0 Å². The molecule has 2 aromatic rings. The van der Waals surface area contributed by atoms with Gasteiger partial charge in [-0.1, -0.05) is 18.2 Å². The van der Waals surface area contributed by atoms with Crippen LogP contribution in [0.4, 0.5) is 18.9 Å². The van der Waals surface area contributed by atoms with Crippen LogP contribution in [0.1, 0.15) is 5.56 Å². The fourth-order valence-electron chi connectivity index (χ4n) is 2.28. The summed E-state index contributed by atoms with van der Waals surface area (Å²) in [5.41, 5.74) is 4.06. The van der Waals surface area contributed by atoms with Crippen LogP contribution < -0.4 is 25.6 Å². The molecule has 0 saturated heterocycles. The number of amides is 1. The van der Waals surface area contributed by atoms with Gasteiger partial charge in [0.25, 0.3) is 5.91 Å². The van der Waals surface area contributed by atoms with Crippen molar-refractivity contribution in [1.82, 2.24) is 10.9 Å². The zero-order valence-corrected chi connectivity index (χ0v) is 14.5. The third-order valence-electron chi connectivity index (χ3n) is 3.55. The van der Waals surface area contributed by atoms with E-state index < -0.39 is 23.8 Å². The molecular formula is C17H14F3N3O3S. The molecule has 3 rings (SSSR count). The molecule has 1 unspecified atom stereocenters. The summed E-state index contributed by atoms with van der Waals surface area (Å²) in [7, 11) is 0. The highest BCUT2D eigenvalue weighted by molar-refractivity contribution is 7.80. The second-order valence-corrected chi connectivity index (χ2v) is 5.92. The quantitative estimate of drug-likeness (QED) is 0.535. The smallest absolute Gasteiger partial charge is 0.416 e. The van der Waals surface area contributed by atoms with Crippen LogP contribution in [0, 0.1) is 0 Å². The Morgan fingerprint density at radius 3 is 2.56 bits per heavy atom. The van der Waals surface area contributed by atoms with E-state index in [0.717, 1.165) is 12.1 Å². The minimum atomic E-state index is -4.46. The van der Waals surface area contributed by atoms with E-state index >= 15 is 0 Å². The highest BCUT2D eigenvalue weighted by atomic mass is 32.1. The van der Waals surface area contributed by atoms with Crippen LogP contribution in [0.15, 0.2) is 48.5 Å². The van der Waals surface area contributed by atoms with Gasteiger partial charge in [0, 0.05) is 5.69 Å². The minimum Gasteiger partial charge on any atom is -0.485 e. The number of rotatable bonds is 2. The first-order valence-electron chi connectivity index (χ1n) is 7.75. The number of anilines is 1. The highest BCUT2D eigenvalue weighted by Crippen LogP contribution is 2.31. The van der Waals surface area contributed by atoms with Crippen molar-refractivity contribution in [2.45, 2.75) is 12.3 Å². The molecule has 0 fully saturated rings. The van der Waals surface area contributed by atoms with Crippen molar-refractivity contribution in [2.24, 2.45) is 0 Å². The van der Waals surface area contributed by atoms with Crippen LogP contribution in [-0.2, 0) is 11.0 Å². The number of halogens is 3. The first kappa shape index (κ1) is 18.8. The van der Waals surface area contributed by atoms with E-state index in [-0.39, 0.29) is 17.4 Å². The Morgan fingerprint density at radius 1 is 1.07 bits per heavy atom. The summed E-state index contributed by atoms with van der Waals surface area (Å²) in [6.45, 7) is 0.0122. The van der Waals surface area contributed by atoms with Crippen LogP contribution in [0.2, 0.25) is 0 Å². The molecule has 0 saturated carbocycles. The van der Waals surface area contributed by atoms with Crippen molar-refractivity contribution < 1.29 is 27.4 Å². The second kappa shape index (κ2) is 7.70. The molecule has 142 valence electrons. The number of ether oxygens (including phenoxy) is 2. The fraction of sp³-hybridized carbons (Fsp3) is 0.176. The summed E-state index contributed by atoms with van der Waals surface area (Å²) < 4.78 is 49.1. The summed E-state index contributed by atoms with van der Waals surface area (Å²) in [5.74, 6) is 0.433. The maximum atomic E-state index is 12.7. The molecule has 1 aliphatic heterocycles. The Balaban J connectivity index is 1.52. The van der Waals surface area contributed by atoms with Crippen molar-refractivity contribution >= 4 is 28.9 Å². The van der Waals surface area contributed by atoms with Crippen molar-refractivity contribution in [1.29, 1.82) is 0 Å². The zero-order chi connectivity index (χ0) is 19.4. The SMILES string of the molecule is O=C(NNC(=S)Nc1cccc(C(F)(F)F)c1)C1COc2ccccc2O1. The van der Waals surface area contributed by atoms with Crippen LogP contribution in [-0.4, -0.2) is 23.7 Å².